The lowest BCUT2D eigenvalue weighted by atomic mass is 10.1. The molecule has 0 spiro atoms. The average Bonchev–Trinajstić information content (AvgIpc) is 3.26. The highest BCUT2D eigenvalue weighted by Gasteiger charge is 2.18. The van der Waals surface area contributed by atoms with Gasteiger partial charge >= 0.3 is 0 Å². The van der Waals surface area contributed by atoms with Crippen LogP contribution in [0.4, 0.5) is 5.69 Å². The highest BCUT2D eigenvalue weighted by Crippen LogP contribution is 2.29. The Labute approximate surface area is 179 Å². The van der Waals surface area contributed by atoms with Gasteiger partial charge in [0.1, 0.15) is 17.2 Å². The maximum Gasteiger partial charge on any atom is 0.272 e. The third-order valence-electron chi connectivity index (χ3n) is 4.37. The van der Waals surface area contributed by atoms with Gasteiger partial charge < -0.3 is 20.1 Å². The molecule has 6 nitrogen and oxygen atoms in total. The summed E-state index contributed by atoms with van der Waals surface area (Å²) in [6.45, 7) is 1.85. The minimum Gasteiger partial charge on any atom is -0.497 e. The van der Waals surface area contributed by atoms with Crippen LogP contribution in [-0.4, -0.2) is 26.0 Å². The molecule has 1 heterocycles. The number of thiophene rings is 1. The predicted molar refractivity (Wildman–Crippen MR) is 119 cm³/mol. The van der Waals surface area contributed by atoms with Crippen molar-refractivity contribution in [1.29, 1.82) is 0 Å². The van der Waals surface area contributed by atoms with Gasteiger partial charge in [-0.15, -0.1) is 11.3 Å². The standard InChI is InChI=1S/C23H22N2O4S/c1-15-7-4-5-9-18(15)22(26)25-20(14-17-8-6-12-30-17)23(27)24-19-13-16(28-2)10-11-21(19)29-3/h4-14H,1-3H3,(H,24,27)(H,25,26)/b20-14-. The van der Waals surface area contributed by atoms with E-state index in [0.717, 1.165) is 10.4 Å². The zero-order valence-corrected chi connectivity index (χ0v) is 17.7. The third-order valence-corrected chi connectivity index (χ3v) is 5.19. The zero-order chi connectivity index (χ0) is 21.5. The fourth-order valence-corrected chi connectivity index (χ4v) is 3.45. The van der Waals surface area contributed by atoms with Crippen molar-refractivity contribution in [3.8, 4) is 11.5 Å². The second-order valence-corrected chi connectivity index (χ2v) is 7.34. The lowest BCUT2D eigenvalue weighted by Crippen LogP contribution is -2.31. The molecule has 2 aromatic carbocycles. The number of amides is 2. The number of ether oxygens (including phenoxy) is 2. The van der Waals surface area contributed by atoms with Crippen LogP contribution in [0.15, 0.2) is 65.7 Å². The smallest absolute Gasteiger partial charge is 0.272 e. The Bertz CT molecular complexity index is 1070. The summed E-state index contributed by atoms with van der Waals surface area (Å²) < 4.78 is 10.6. The predicted octanol–water partition coefficient (Wildman–Crippen LogP) is 4.48. The van der Waals surface area contributed by atoms with E-state index in [1.54, 1.807) is 36.4 Å². The number of aryl methyl sites for hydroxylation is 1. The van der Waals surface area contributed by atoms with Crippen LogP contribution in [0.2, 0.25) is 0 Å². The number of methoxy groups -OCH3 is 2. The molecule has 0 atom stereocenters. The number of carbonyl (C=O) groups is 2. The molecule has 0 bridgehead atoms. The zero-order valence-electron chi connectivity index (χ0n) is 16.9. The van der Waals surface area contributed by atoms with Gasteiger partial charge in [-0.1, -0.05) is 24.3 Å². The molecule has 7 heteroatoms. The molecule has 0 saturated carbocycles. The van der Waals surface area contributed by atoms with Crippen molar-refractivity contribution >= 4 is 34.9 Å². The summed E-state index contributed by atoms with van der Waals surface area (Å²) in [5, 5.41) is 7.44. The van der Waals surface area contributed by atoms with Gasteiger partial charge in [-0.25, -0.2) is 0 Å². The van der Waals surface area contributed by atoms with Crippen molar-refractivity contribution in [2.24, 2.45) is 0 Å². The summed E-state index contributed by atoms with van der Waals surface area (Å²) in [7, 11) is 3.05. The molecule has 0 unspecified atom stereocenters. The Morgan fingerprint density at radius 2 is 1.80 bits per heavy atom. The van der Waals surface area contributed by atoms with E-state index in [1.807, 2.05) is 36.6 Å². The lowest BCUT2D eigenvalue weighted by Gasteiger charge is -2.14. The van der Waals surface area contributed by atoms with E-state index < -0.39 is 5.91 Å². The molecule has 0 aliphatic heterocycles. The molecule has 0 saturated heterocycles. The van der Waals surface area contributed by atoms with E-state index >= 15 is 0 Å². The van der Waals surface area contributed by atoms with E-state index in [9.17, 15) is 9.59 Å². The summed E-state index contributed by atoms with van der Waals surface area (Å²) in [5.74, 6) is 0.212. The Morgan fingerprint density at radius 1 is 1.00 bits per heavy atom. The van der Waals surface area contributed by atoms with Crippen molar-refractivity contribution in [2.45, 2.75) is 6.92 Å². The van der Waals surface area contributed by atoms with Gasteiger partial charge in [0.25, 0.3) is 11.8 Å². The molecule has 30 heavy (non-hydrogen) atoms. The van der Waals surface area contributed by atoms with Gasteiger partial charge in [0.15, 0.2) is 0 Å². The minimum atomic E-state index is -0.475. The van der Waals surface area contributed by atoms with Crippen molar-refractivity contribution in [3.63, 3.8) is 0 Å². The first kappa shape index (κ1) is 21.1. The van der Waals surface area contributed by atoms with Gasteiger partial charge in [-0.2, -0.15) is 0 Å². The first-order valence-electron chi connectivity index (χ1n) is 9.17. The van der Waals surface area contributed by atoms with E-state index in [-0.39, 0.29) is 11.6 Å². The Kier molecular flexibility index (Phi) is 6.87. The van der Waals surface area contributed by atoms with Gasteiger partial charge in [-0.05, 0) is 48.2 Å². The summed E-state index contributed by atoms with van der Waals surface area (Å²) in [5.41, 5.74) is 1.88. The second-order valence-electron chi connectivity index (χ2n) is 6.36. The Balaban J connectivity index is 1.90. The highest BCUT2D eigenvalue weighted by molar-refractivity contribution is 7.10. The van der Waals surface area contributed by atoms with Crippen LogP contribution in [0.5, 0.6) is 11.5 Å². The molecule has 154 valence electrons. The van der Waals surface area contributed by atoms with Crippen molar-refractivity contribution in [1.82, 2.24) is 5.32 Å². The highest BCUT2D eigenvalue weighted by atomic mass is 32.1. The van der Waals surface area contributed by atoms with Crippen LogP contribution in [0, 0.1) is 6.92 Å². The van der Waals surface area contributed by atoms with Gasteiger partial charge in [0.05, 0.1) is 19.9 Å². The second kappa shape index (κ2) is 9.76. The fraction of sp³-hybridized carbons (Fsp3) is 0.130. The maximum absolute atomic E-state index is 13.1. The first-order valence-corrected chi connectivity index (χ1v) is 10.1. The van der Waals surface area contributed by atoms with Crippen molar-refractivity contribution < 1.29 is 19.1 Å². The number of carbonyl (C=O) groups excluding carboxylic acids is 2. The van der Waals surface area contributed by atoms with Crippen LogP contribution in [-0.2, 0) is 4.79 Å². The molecule has 3 rings (SSSR count). The molecule has 2 amide bonds. The molecule has 0 radical (unpaired) electrons. The minimum absolute atomic E-state index is 0.121. The Morgan fingerprint density at radius 3 is 2.47 bits per heavy atom. The van der Waals surface area contributed by atoms with Crippen LogP contribution in [0.1, 0.15) is 20.8 Å². The summed E-state index contributed by atoms with van der Waals surface area (Å²) in [6, 6.07) is 16.0. The third kappa shape index (κ3) is 5.07. The lowest BCUT2D eigenvalue weighted by molar-refractivity contribution is -0.113. The van der Waals surface area contributed by atoms with Crippen molar-refractivity contribution in [2.75, 3.05) is 19.5 Å². The number of rotatable bonds is 7. The van der Waals surface area contributed by atoms with Gasteiger partial charge in [0.2, 0.25) is 0 Å². The number of hydrogen-bond donors (Lipinski definition) is 2. The quantitative estimate of drug-likeness (QED) is 0.550. The monoisotopic (exact) mass is 422 g/mol. The fourth-order valence-electron chi connectivity index (χ4n) is 2.79. The normalized spacial score (nSPS) is 11.0. The van der Waals surface area contributed by atoms with Gasteiger partial charge in [-0.3, -0.25) is 9.59 Å². The van der Waals surface area contributed by atoms with E-state index in [1.165, 1.54) is 25.6 Å². The van der Waals surface area contributed by atoms with Crippen LogP contribution < -0.4 is 20.1 Å². The number of benzene rings is 2. The van der Waals surface area contributed by atoms with Crippen LogP contribution in [0.25, 0.3) is 6.08 Å². The number of anilines is 1. The SMILES string of the molecule is COc1ccc(OC)c(NC(=O)/C(=C/c2cccs2)NC(=O)c2ccccc2C)c1. The van der Waals surface area contributed by atoms with E-state index in [4.69, 9.17) is 9.47 Å². The maximum atomic E-state index is 13.1. The molecule has 3 aromatic rings. The van der Waals surface area contributed by atoms with Crippen molar-refractivity contribution in [3.05, 3.63) is 81.7 Å². The molecule has 0 fully saturated rings. The molecule has 1 aromatic heterocycles. The van der Waals surface area contributed by atoms with E-state index in [0.29, 0.717) is 22.7 Å². The number of nitrogens with one attached hydrogen (secondary N) is 2. The molecule has 0 aliphatic carbocycles. The summed E-state index contributed by atoms with van der Waals surface area (Å²) in [6.07, 6.45) is 1.64. The Hall–Kier alpha value is -3.58. The van der Waals surface area contributed by atoms with Gasteiger partial charge in [0, 0.05) is 16.5 Å². The van der Waals surface area contributed by atoms with Crippen LogP contribution in [0.3, 0.4) is 0 Å². The topological polar surface area (TPSA) is 76.7 Å². The van der Waals surface area contributed by atoms with E-state index in [2.05, 4.69) is 10.6 Å². The molecule has 0 aliphatic rings. The molecule has 2 N–H and O–H groups in total. The summed E-state index contributed by atoms with van der Waals surface area (Å²) in [4.78, 5) is 26.7. The number of hydrogen-bond acceptors (Lipinski definition) is 5. The summed E-state index contributed by atoms with van der Waals surface area (Å²) >= 11 is 1.46. The first-order chi connectivity index (χ1) is 14.5. The average molecular weight is 423 g/mol. The molecular weight excluding hydrogens is 400 g/mol. The molecular formula is C23H22N2O4S. The largest absolute Gasteiger partial charge is 0.497 e. The van der Waals surface area contributed by atoms with Crippen LogP contribution >= 0.6 is 11.3 Å².